The highest BCUT2D eigenvalue weighted by Crippen LogP contribution is 2.27. The number of hydrogen-bond donors (Lipinski definition) is 2. The molecule has 2 amide bonds. The van der Waals surface area contributed by atoms with E-state index in [1.165, 1.54) is 39.3 Å². The third-order valence-corrected chi connectivity index (χ3v) is 3.65. The number of hydrazine groups is 1. The molecule has 2 N–H and O–H groups in total. The van der Waals surface area contributed by atoms with Crippen LogP contribution in [-0.2, 0) is 16.0 Å². The summed E-state index contributed by atoms with van der Waals surface area (Å²) in [6.07, 6.45) is -0.980. The van der Waals surface area contributed by atoms with E-state index in [0.717, 1.165) is 0 Å². The van der Waals surface area contributed by atoms with Crippen molar-refractivity contribution in [2.75, 3.05) is 14.2 Å². The lowest BCUT2D eigenvalue weighted by atomic mass is 10.1. The Labute approximate surface area is 156 Å². The molecule has 144 valence electrons. The number of halogens is 1. The normalized spacial score (nSPS) is 11.3. The summed E-state index contributed by atoms with van der Waals surface area (Å²) in [4.78, 5) is 24.0. The highest BCUT2D eigenvalue weighted by molar-refractivity contribution is 5.85. The number of ether oxygens (including phenoxy) is 3. The molecular formula is C19H21FN2O5. The van der Waals surface area contributed by atoms with E-state index < -0.39 is 23.7 Å². The van der Waals surface area contributed by atoms with Crippen LogP contribution in [-0.4, -0.2) is 32.1 Å². The third kappa shape index (κ3) is 5.60. The van der Waals surface area contributed by atoms with Crippen LogP contribution in [0.1, 0.15) is 12.5 Å². The molecule has 0 fully saturated rings. The molecule has 2 aromatic carbocycles. The predicted molar refractivity (Wildman–Crippen MR) is 96.0 cm³/mol. The molecule has 2 aromatic rings. The zero-order valence-electron chi connectivity index (χ0n) is 15.2. The molecule has 0 aliphatic rings. The van der Waals surface area contributed by atoms with Gasteiger partial charge in [0.15, 0.2) is 29.2 Å². The van der Waals surface area contributed by atoms with Gasteiger partial charge in [-0.3, -0.25) is 20.4 Å². The van der Waals surface area contributed by atoms with Crippen LogP contribution in [0.5, 0.6) is 17.2 Å². The minimum Gasteiger partial charge on any atom is -0.493 e. The fourth-order valence-corrected chi connectivity index (χ4v) is 2.24. The van der Waals surface area contributed by atoms with Crippen LogP contribution in [0, 0.1) is 5.82 Å². The molecule has 0 bridgehead atoms. The van der Waals surface area contributed by atoms with Gasteiger partial charge in [-0.2, -0.15) is 0 Å². The van der Waals surface area contributed by atoms with E-state index >= 15 is 0 Å². The van der Waals surface area contributed by atoms with E-state index in [2.05, 4.69) is 10.9 Å². The molecule has 1 atom stereocenters. The molecule has 8 heteroatoms. The van der Waals surface area contributed by atoms with Gasteiger partial charge in [-0.25, -0.2) is 4.39 Å². The number of methoxy groups -OCH3 is 2. The summed E-state index contributed by atoms with van der Waals surface area (Å²) in [5.74, 6) is -0.619. The highest BCUT2D eigenvalue weighted by atomic mass is 19.1. The molecule has 0 aliphatic heterocycles. The van der Waals surface area contributed by atoms with Gasteiger partial charge >= 0.3 is 0 Å². The summed E-state index contributed by atoms with van der Waals surface area (Å²) in [6.45, 7) is 1.45. The van der Waals surface area contributed by atoms with Crippen LogP contribution >= 0.6 is 0 Å². The number of amides is 2. The Morgan fingerprint density at radius 1 is 1.00 bits per heavy atom. The number of rotatable bonds is 7. The van der Waals surface area contributed by atoms with Gasteiger partial charge in [0.2, 0.25) is 5.91 Å². The molecule has 27 heavy (non-hydrogen) atoms. The van der Waals surface area contributed by atoms with Crippen molar-refractivity contribution in [1.82, 2.24) is 10.9 Å². The molecular weight excluding hydrogens is 355 g/mol. The number of carbonyl (C=O) groups excluding carboxylic acids is 2. The molecule has 0 spiro atoms. The minimum absolute atomic E-state index is 0.0170. The van der Waals surface area contributed by atoms with E-state index in [0.29, 0.717) is 17.1 Å². The molecule has 2 rings (SSSR count). The minimum atomic E-state index is -0.997. The average molecular weight is 376 g/mol. The van der Waals surface area contributed by atoms with Gasteiger partial charge in [0.05, 0.1) is 20.6 Å². The fraction of sp³-hybridized carbons (Fsp3) is 0.263. The van der Waals surface area contributed by atoms with Crippen molar-refractivity contribution in [3.63, 3.8) is 0 Å². The molecule has 0 unspecified atom stereocenters. The summed E-state index contributed by atoms with van der Waals surface area (Å²) in [6, 6.07) is 10.8. The van der Waals surface area contributed by atoms with Crippen LogP contribution in [0.2, 0.25) is 0 Å². The maximum Gasteiger partial charge on any atom is 0.279 e. The van der Waals surface area contributed by atoms with Crippen molar-refractivity contribution in [3.05, 3.63) is 53.8 Å². The van der Waals surface area contributed by atoms with Crippen molar-refractivity contribution in [2.45, 2.75) is 19.4 Å². The zero-order chi connectivity index (χ0) is 19.8. The van der Waals surface area contributed by atoms with Crippen LogP contribution in [0.15, 0.2) is 42.5 Å². The Morgan fingerprint density at radius 3 is 2.37 bits per heavy atom. The van der Waals surface area contributed by atoms with Crippen molar-refractivity contribution < 1.29 is 28.2 Å². The van der Waals surface area contributed by atoms with Gasteiger partial charge in [0.1, 0.15) is 0 Å². The van der Waals surface area contributed by atoms with E-state index in [9.17, 15) is 14.0 Å². The number of nitrogens with one attached hydrogen (secondary N) is 2. The zero-order valence-corrected chi connectivity index (χ0v) is 15.2. The second-order valence-electron chi connectivity index (χ2n) is 5.59. The van der Waals surface area contributed by atoms with Crippen molar-refractivity contribution in [3.8, 4) is 17.2 Å². The average Bonchev–Trinajstić information content (AvgIpc) is 2.67. The quantitative estimate of drug-likeness (QED) is 0.722. The van der Waals surface area contributed by atoms with E-state index in [4.69, 9.17) is 14.2 Å². The summed E-state index contributed by atoms with van der Waals surface area (Å²) in [7, 11) is 3.02. The van der Waals surface area contributed by atoms with E-state index in [1.54, 1.807) is 24.3 Å². The lowest BCUT2D eigenvalue weighted by Crippen LogP contribution is -2.47. The summed E-state index contributed by atoms with van der Waals surface area (Å²) in [5, 5.41) is 0. The number of hydrogen-bond acceptors (Lipinski definition) is 5. The lowest BCUT2D eigenvalue weighted by molar-refractivity contribution is -0.132. The first-order valence-corrected chi connectivity index (χ1v) is 8.15. The monoisotopic (exact) mass is 376 g/mol. The molecule has 0 saturated heterocycles. The van der Waals surface area contributed by atoms with Crippen molar-refractivity contribution in [2.24, 2.45) is 0 Å². The standard InChI is InChI=1S/C19H21FN2O5/c1-12(27-15-7-5-4-6-14(15)20)19(24)22-21-18(23)11-13-8-9-16(25-2)17(10-13)26-3/h4-10,12H,11H2,1-3H3,(H,21,23)(H,22,24)/t12-/m1/s1. The Bertz CT molecular complexity index is 812. The lowest BCUT2D eigenvalue weighted by Gasteiger charge is -2.15. The van der Waals surface area contributed by atoms with Gasteiger partial charge in [0.25, 0.3) is 5.91 Å². The van der Waals surface area contributed by atoms with Crippen LogP contribution in [0.25, 0.3) is 0 Å². The van der Waals surface area contributed by atoms with Crippen LogP contribution in [0.3, 0.4) is 0 Å². The first kappa shape index (κ1) is 20.0. The molecule has 0 aliphatic carbocycles. The second kappa shape index (κ2) is 9.42. The fourth-order valence-electron chi connectivity index (χ4n) is 2.24. The molecule has 0 radical (unpaired) electrons. The first-order chi connectivity index (χ1) is 12.9. The molecule has 0 saturated carbocycles. The van der Waals surface area contributed by atoms with Crippen LogP contribution < -0.4 is 25.1 Å². The topological polar surface area (TPSA) is 85.9 Å². The first-order valence-electron chi connectivity index (χ1n) is 8.15. The number of carbonyl (C=O) groups is 2. The van der Waals surface area contributed by atoms with Gasteiger partial charge in [-0.05, 0) is 36.8 Å². The van der Waals surface area contributed by atoms with Gasteiger partial charge in [-0.1, -0.05) is 18.2 Å². The largest absolute Gasteiger partial charge is 0.493 e. The third-order valence-electron chi connectivity index (χ3n) is 3.65. The van der Waals surface area contributed by atoms with E-state index in [-0.39, 0.29) is 12.2 Å². The smallest absolute Gasteiger partial charge is 0.279 e. The maximum absolute atomic E-state index is 13.5. The Balaban J connectivity index is 1.86. The Morgan fingerprint density at radius 2 is 1.70 bits per heavy atom. The highest BCUT2D eigenvalue weighted by Gasteiger charge is 2.17. The second-order valence-corrected chi connectivity index (χ2v) is 5.59. The maximum atomic E-state index is 13.5. The molecule has 0 heterocycles. The summed E-state index contributed by atoms with van der Waals surface area (Å²) >= 11 is 0. The Hall–Kier alpha value is -3.29. The van der Waals surface area contributed by atoms with Gasteiger partial charge in [0, 0.05) is 0 Å². The molecule has 0 aromatic heterocycles. The predicted octanol–water partition coefficient (Wildman–Crippen LogP) is 2.00. The Kier molecular flexibility index (Phi) is 6.99. The van der Waals surface area contributed by atoms with E-state index in [1.807, 2.05) is 0 Å². The molecule has 7 nitrogen and oxygen atoms in total. The van der Waals surface area contributed by atoms with Gasteiger partial charge in [-0.15, -0.1) is 0 Å². The van der Waals surface area contributed by atoms with Crippen molar-refractivity contribution in [1.29, 1.82) is 0 Å². The van der Waals surface area contributed by atoms with Crippen LogP contribution in [0.4, 0.5) is 4.39 Å². The number of para-hydroxylation sites is 1. The summed E-state index contributed by atoms with van der Waals surface area (Å²) < 4.78 is 29.1. The summed E-state index contributed by atoms with van der Waals surface area (Å²) in [5.41, 5.74) is 5.22. The van der Waals surface area contributed by atoms with Crippen molar-refractivity contribution >= 4 is 11.8 Å². The number of benzene rings is 2. The van der Waals surface area contributed by atoms with Gasteiger partial charge < -0.3 is 14.2 Å². The SMILES string of the molecule is COc1ccc(CC(=O)NNC(=O)[C@@H](C)Oc2ccccc2F)cc1OC.